The quantitative estimate of drug-likeness (QED) is 0.210. The lowest BCUT2D eigenvalue weighted by Gasteiger charge is -2.23. The van der Waals surface area contributed by atoms with Gasteiger partial charge in [0.25, 0.3) is 0 Å². The first-order valence-corrected chi connectivity index (χ1v) is 8.66. The number of alkyl halides is 2. The summed E-state index contributed by atoms with van der Waals surface area (Å²) in [6, 6.07) is 0. The number of unbranched alkanes of at least 4 members (excludes halogenated alkanes) is 2. The molecule has 4 atom stereocenters. The van der Waals surface area contributed by atoms with Crippen molar-refractivity contribution in [3.63, 3.8) is 0 Å². The fraction of sp³-hybridized carbons (Fsp3) is 1.00. The Bertz CT molecular complexity index is 248. The molecule has 5 nitrogen and oxygen atoms in total. The van der Waals surface area contributed by atoms with Gasteiger partial charge in [-0.2, -0.15) is 0 Å². The zero-order valence-electron chi connectivity index (χ0n) is 12.2. The van der Waals surface area contributed by atoms with Gasteiger partial charge in [-0.05, 0) is 25.7 Å². The van der Waals surface area contributed by atoms with Crippen LogP contribution in [0.3, 0.4) is 0 Å². The third-order valence-corrected chi connectivity index (χ3v) is 3.75. The first-order valence-electron chi connectivity index (χ1n) is 7.59. The van der Waals surface area contributed by atoms with E-state index >= 15 is 0 Å². The SMILES string of the molecule is ClCCCCOC(OC(OCCCCCl)C1CO1)C1CO1. The second kappa shape index (κ2) is 10.2. The summed E-state index contributed by atoms with van der Waals surface area (Å²) >= 11 is 11.3. The molecule has 2 rings (SSSR count). The molecular formula is C14H24Cl2O5. The Labute approximate surface area is 136 Å². The molecule has 0 spiro atoms. The van der Waals surface area contributed by atoms with Crippen LogP contribution < -0.4 is 0 Å². The van der Waals surface area contributed by atoms with Crippen LogP contribution >= 0.6 is 23.2 Å². The Morgan fingerprint density at radius 1 is 0.810 bits per heavy atom. The van der Waals surface area contributed by atoms with Gasteiger partial charge in [0, 0.05) is 25.0 Å². The molecule has 7 heteroatoms. The molecule has 2 fully saturated rings. The molecule has 0 radical (unpaired) electrons. The van der Waals surface area contributed by atoms with E-state index in [1.165, 1.54) is 0 Å². The molecule has 21 heavy (non-hydrogen) atoms. The molecule has 0 N–H and O–H groups in total. The minimum atomic E-state index is -0.387. The Balaban J connectivity index is 1.68. The fourth-order valence-electron chi connectivity index (χ4n) is 1.82. The highest BCUT2D eigenvalue weighted by Gasteiger charge is 2.41. The third kappa shape index (κ3) is 7.46. The highest BCUT2D eigenvalue weighted by Crippen LogP contribution is 2.25. The van der Waals surface area contributed by atoms with E-state index in [4.69, 9.17) is 46.9 Å². The monoisotopic (exact) mass is 342 g/mol. The summed E-state index contributed by atoms with van der Waals surface area (Å²) in [4.78, 5) is 0. The summed E-state index contributed by atoms with van der Waals surface area (Å²) in [7, 11) is 0. The molecule has 0 aliphatic carbocycles. The Morgan fingerprint density at radius 2 is 1.24 bits per heavy atom. The van der Waals surface area contributed by atoms with Crippen LogP contribution in [0.2, 0.25) is 0 Å². The van der Waals surface area contributed by atoms with Crippen molar-refractivity contribution < 1.29 is 23.7 Å². The van der Waals surface area contributed by atoms with Gasteiger partial charge in [-0.15, -0.1) is 23.2 Å². The van der Waals surface area contributed by atoms with E-state index in [2.05, 4.69) is 0 Å². The van der Waals surface area contributed by atoms with Crippen molar-refractivity contribution in [3.8, 4) is 0 Å². The zero-order chi connectivity index (χ0) is 14.9. The number of hydrogen-bond donors (Lipinski definition) is 0. The van der Waals surface area contributed by atoms with Crippen molar-refractivity contribution in [2.24, 2.45) is 0 Å². The van der Waals surface area contributed by atoms with Crippen LogP contribution in [0.1, 0.15) is 25.7 Å². The lowest BCUT2D eigenvalue weighted by Crippen LogP contribution is -2.34. The van der Waals surface area contributed by atoms with Crippen LogP contribution in [0.15, 0.2) is 0 Å². The maximum absolute atomic E-state index is 5.90. The zero-order valence-corrected chi connectivity index (χ0v) is 13.7. The van der Waals surface area contributed by atoms with Crippen LogP contribution in [-0.2, 0) is 23.7 Å². The van der Waals surface area contributed by atoms with Crippen LogP contribution in [-0.4, -0.2) is 63.0 Å². The van der Waals surface area contributed by atoms with Gasteiger partial charge in [-0.1, -0.05) is 0 Å². The summed E-state index contributed by atoms with van der Waals surface area (Å²) in [5, 5.41) is 0. The summed E-state index contributed by atoms with van der Waals surface area (Å²) in [5.41, 5.74) is 0. The lowest BCUT2D eigenvalue weighted by molar-refractivity contribution is -0.256. The normalized spacial score (nSPS) is 26.6. The van der Waals surface area contributed by atoms with E-state index in [9.17, 15) is 0 Å². The molecule has 2 heterocycles. The van der Waals surface area contributed by atoms with E-state index in [0.717, 1.165) is 25.7 Å². The Hall–Kier alpha value is 0.380. The number of rotatable bonds is 14. The number of ether oxygens (including phenoxy) is 5. The van der Waals surface area contributed by atoms with Gasteiger partial charge in [0.1, 0.15) is 12.2 Å². The Kier molecular flexibility index (Phi) is 8.62. The van der Waals surface area contributed by atoms with Crippen LogP contribution in [0.4, 0.5) is 0 Å². The molecule has 124 valence electrons. The van der Waals surface area contributed by atoms with E-state index in [1.807, 2.05) is 0 Å². The Morgan fingerprint density at radius 3 is 1.57 bits per heavy atom. The van der Waals surface area contributed by atoms with E-state index in [0.29, 0.717) is 38.2 Å². The maximum Gasteiger partial charge on any atom is 0.189 e. The van der Waals surface area contributed by atoms with Gasteiger partial charge in [0.05, 0.1) is 13.2 Å². The van der Waals surface area contributed by atoms with E-state index in [-0.39, 0.29) is 24.8 Å². The van der Waals surface area contributed by atoms with Gasteiger partial charge < -0.3 is 23.7 Å². The molecule has 0 amide bonds. The smallest absolute Gasteiger partial charge is 0.189 e. The molecule has 0 saturated carbocycles. The fourth-order valence-corrected chi connectivity index (χ4v) is 2.20. The first-order chi connectivity index (χ1) is 10.3. The first kappa shape index (κ1) is 17.7. The lowest BCUT2D eigenvalue weighted by atomic mass is 10.3. The van der Waals surface area contributed by atoms with Gasteiger partial charge in [0.2, 0.25) is 0 Å². The van der Waals surface area contributed by atoms with Crippen molar-refractivity contribution in [1.29, 1.82) is 0 Å². The average molecular weight is 343 g/mol. The molecule has 0 bridgehead atoms. The van der Waals surface area contributed by atoms with E-state index in [1.54, 1.807) is 0 Å². The molecule has 0 aromatic carbocycles. The second-order valence-corrected chi connectivity index (χ2v) is 5.91. The molecule has 2 aliphatic heterocycles. The van der Waals surface area contributed by atoms with Gasteiger partial charge in [-0.3, -0.25) is 0 Å². The summed E-state index contributed by atoms with van der Waals surface area (Å²) < 4.78 is 27.9. The standard InChI is InChI=1S/C14H24Cl2O5/c15-5-1-3-7-17-13(11-9-19-11)21-14(12-10-20-12)18-8-4-2-6-16/h11-14H,1-10H2. The second-order valence-electron chi connectivity index (χ2n) is 5.15. The predicted molar refractivity (Wildman–Crippen MR) is 80.0 cm³/mol. The summed E-state index contributed by atoms with van der Waals surface area (Å²) in [5.74, 6) is 1.30. The van der Waals surface area contributed by atoms with Crippen LogP contribution in [0.5, 0.6) is 0 Å². The highest BCUT2D eigenvalue weighted by atomic mass is 35.5. The van der Waals surface area contributed by atoms with Crippen molar-refractivity contribution in [3.05, 3.63) is 0 Å². The molecule has 0 aromatic heterocycles. The number of halogens is 2. The van der Waals surface area contributed by atoms with Crippen molar-refractivity contribution in [2.45, 2.75) is 50.5 Å². The summed E-state index contributed by atoms with van der Waals surface area (Å²) in [6.45, 7) is 2.57. The maximum atomic E-state index is 5.90. The molecular weight excluding hydrogens is 319 g/mol. The third-order valence-electron chi connectivity index (χ3n) is 3.21. The van der Waals surface area contributed by atoms with Gasteiger partial charge in [0.15, 0.2) is 12.6 Å². The molecule has 4 unspecified atom stereocenters. The average Bonchev–Trinajstić information content (AvgIpc) is 3.37. The van der Waals surface area contributed by atoms with Crippen molar-refractivity contribution >= 4 is 23.2 Å². The van der Waals surface area contributed by atoms with Crippen molar-refractivity contribution in [2.75, 3.05) is 38.2 Å². The molecule has 2 aliphatic rings. The van der Waals surface area contributed by atoms with Gasteiger partial charge >= 0.3 is 0 Å². The van der Waals surface area contributed by atoms with E-state index < -0.39 is 0 Å². The molecule has 2 saturated heterocycles. The predicted octanol–water partition coefficient (Wildman–Crippen LogP) is 2.52. The highest BCUT2D eigenvalue weighted by molar-refractivity contribution is 6.18. The topological polar surface area (TPSA) is 52.8 Å². The largest absolute Gasteiger partial charge is 0.368 e. The number of epoxide rings is 2. The van der Waals surface area contributed by atoms with Crippen LogP contribution in [0, 0.1) is 0 Å². The number of hydrogen-bond acceptors (Lipinski definition) is 5. The molecule has 0 aromatic rings. The summed E-state index contributed by atoms with van der Waals surface area (Å²) in [6.07, 6.45) is 2.94. The van der Waals surface area contributed by atoms with Crippen molar-refractivity contribution in [1.82, 2.24) is 0 Å². The minimum absolute atomic E-state index is 0.00805. The van der Waals surface area contributed by atoms with Crippen LogP contribution in [0.25, 0.3) is 0 Å². The van der Waals surface area contributed by atoms with Gasteiger partial charge in [-0.25, -0.2) is 0 Å². The minimum Gasteiger partial charge on any atom is -0.368 e.